The SMILES string of the molecule is CCC(C)N(CC(=O)O)C(=O)N(C)c1cc(C)cc(C)c1. The van der Waals surface area contributed by atoms with E-state index in [4.69, 9.17) is 5.11 Å². The number of carboxylic acid groups (broad SMARTS) is 1. The van der Waals surface area contributed by atoms with Gasteiger partial charge in [-0.05, 0) is 50.5 Å². The standard InChI is InChI=1S/C16H24N2O3/c1-6-13(4)18(10-15(19)20)16(21)17(5)14-8-11(2)7-12(3)9-14/h7-9,13H,6,10H2,1-5H3,(H,19,20). The lowest BCUT2D eigenvalue weighted by atomic mass is 10.1. The number of rotatable bonds is 5. The van der Waals surface area contributed by atoms with E-state index in [1.54, 1.807) is 7.05 Å². The van der Waals surface area contributed by atoms with E-state index >= 15 is 0 Å². The topological polar surface area (TPSA) is 60.9 Å². The summed E-state index contributed by atoms with van der Waals surface area (Å²) in [5.41, 5.74) is 2.91. The molecule has 1 rings (SSSR count). The summed E-state index contributed by atoms with van der Waals surface area (Å²) in [6, 6.07) is 5.45. The highest BCUT2D eigenvalue weighted by Gasteiger charge is 2.25. The Labute approximate surface area is 126 Å². The molecule has 1 N–H and O–H groups in total. The number of hydrogen-bond donors (Lipinski definition) is 1. The molecule has 1 unspecified atom stereocenters. The van der Waals surface area contributed by atoms with Gasteiger partial charge in [-0.3, -0.25) is 9.69 Å². The molecule has 2 amide bonds. The molecular formula is C16H24N2O3. The second-order valence-electron chi connectivity index (χ2n) is 5.47. The molecule has 116 valence electrons. The molecule has 0 aromatic heterocycles. The van der Waals surface area contributed by atoms with Gasteiger partial charge in [0, 0.05) is 18.8 Å². The quantitative estimate of drug-likeness (QED) is 0.907. The molecule has 0 radical (unpaired) electrons. The highest BCUT2D eigenvalue weighted by molar-refractivity contribution is 5.93. The molecule has 5 heteroatoms. The van der Waals surface area contributed by atoms with Crippen LogP contribution in [-0.2, 0) is 4.79 Å². The van der Waals surface area contributed by atoms with Crippen LogP contribution in [0.2, 0.25) is 0 Å². The van der Waals surface area contributed by atoms with Gasteiger partial charge < -0.3 is 10.0 Å². The summed E-state index contributed by atoms with van der Waals surface area (Å²) in [6.07, 6.45) is 0.708. The van der Waals surface area contributed by atoms with Crippen molar-refractivity contribution in [1.29, 1.82) is 0 Å². The predicted molar refractivity (Wildman–Crippen MR) is 83.8 cm³/mol. The first kappa shape index (κ1) is 17.0. The minimum Gasteiger partial charge on any atom is -0.480 e. The van der Waals surface area contributed by atoms with Crippen LogP contribution in [0.15, 0.2) is 18.2 Å². The highest BCUT2D eigenvalue weighted by Crippen LogP contribution is 2.20. The third-order valence-electron chi connectivity index (χ3n) is 3.55. The maximum Gasteiger partial charge on any atom is 0.324 e. The number of carboxylic acids is 1. The minimum absolute atomic E-state index is 0.123. The molecule has 1 aromatic rings. The van der Waals surface area contributed by atoms with E-state index in [-0.39, 0.29) is 18.6 Å². The number of benzene rings is 1. The lowest BCUT2D eigenvalue weighted by Gasteiger charge is -2.31. The minimum atomic E-state index is -1.00. The van der Waals surface area contributed by atoms with Gasteiger partial charge in [0.2, 0.25) is 0 Å². The van der Waals surface area contributed by atoms with Crippen LogP contribution in [0.1, 0.15) is 31.4 Å². The van der Waals surface area contributed by atoms with Gasteiger partial charge in [0.05, 0.1) is 0 Å². The van der Waals surface area contributed by atoms with Crippen molar-refractivity contribution in [3.63, 3.8) is 0 Å². The Hall–Kier alpha value is -2.04. The molecule has 0 saturated heterocycles. The van der Waals surface area contributed by atoms with Crippen molar-refractivity contribution < 1.29 is 14.7 Å². The fourth-order valence-electron chi connectivity index (χ4n) is 2.23. The lowest BCUT2D eigenvalue weighted by molar-refractivity contribution is -0.138. The molecule has 0 saturated carbocycles. The first-order valence-electron chi connectivity index (χ1n) is 7.10. The van der Waals surface area contributed by atoms with Gasteiger partial charge in [-0.25, -0.2) is 4.79 Å². The van der Waals surface area contributed by atoms with Crippen molar-refractivity contribution in [2.24, 2.45) is 0 Å². The van der Waals surface area contributed by atoms with E-state index in [0.29, 0.717) is 6.42 Å². The number of amides is 2. The highest BCUT2D eigenvalue weighted by atomic mass is 16.4. The summed E-state index contributed by atoms with van der Waals surface area (Å²) >= 11 is 0. The zero-order chi connectivity index (χ0) is 16.2. The summed E-state index contributed by atoms with van der Waals surface area (Å²) in [4.78, 5) is 26.5. The Morgan fingerprint density at radius 2 is 1.71 bits per heavy atom. The summed E-state index contributed by atoms with van der Waals surface area (Å²) in [6.45, 7) is 7.44. The summed E-state index contributed by atoms with van der Waals surface area (Å²) in [5, 5.41) is 9.01. The molecule has 21 heavy (non-hydrogen) atoms. The predicted octanol–water partition coefficient (Wildman–Crippen LogP) is 3.04. The molecule has 0 spiro atoms. The Balaban J connectivity index is 3.04. The smallest absolute Gasteiger partial charge is 0.324 e. The third kappa shape index (κ3) is 4.48. The van der Waals surface area contributed by atoms with Crippen LogP contribution in [0.3, 0.4) is 0 Å². The third-order valence-corrected chi connectivity index (χ3v) is 3.55. The van der Waals surface area contributed by atoms with Crippen molar-refractivity contribution in [3.8, 4) is 0 Å². The molecule has 0 heterocycles. The van der Waals surface area contributed by atoms with Gasteiger partial charge in [0.25, 0.3) is 0 Å². The zero-order valence-corrected chi connectivity index (χ0v) is 13.4. The maximum absolute atomic E-state index is 12.6. The van der Waals surface area contributed by atoms with E-state index in [1.807, 2.05) is 45.9 Å². The Morgan fingerprint density at radius 1 is 1.19 bits per heavy atom. The maximum atomic E-state index is 12.6. The fourth-order valence-corrected chi connectivity index (χ4v) is 2.23. The van der Waals surface area contributed by atoms with E-state index in [1.165, 1.54) is 9.80 Å². The number of anilines is 1. The van der Waals surface area contributed by atoms with E-state index < -0.39 is 5.97 Å². The van der Waals surface area contributed by atoms with Crippen molar-refractivity contribution in [1.82, 2.24) is 4.90 Å². The molecule has 5 nitrogen and oxygen atoms in total. The fraction of sp³-hybridized carbons (Fsp3) is 0.500. The molecule has 0 fully saturated rings. The second-order valence-corrected chi connectivity index (χ2v) is 5.47. The zero-order valence-electron chi connectivity index (χ0n) is 13.4. The van der Waals surface area contributed by atoms with Crippen molar-refractivity contribution in [3.05, 3.63) is 29.3 Å². The van der Waals surface area contributed by atoms with Crippen molar-refractivity contribution >= 4 is 17.7 Å². The molecular weight excluding hydrogens is 268 g/mol. The largest absolute Gasteiger partial charge is 0.480 e. The number of hydrogen-bond acceptors (Lipinski definition) is 2. The van der Waals surface area contributed by atoms with Crippen LogP contribution in [0.5, 0.6) is 0 Å². The van der Waals surface area contributed by atoms with Gasteiger partial charge in [0.15, 0.2) is 0 Å². The summed E-state index contributed by atoms with van der Waals surface area (Å²) in [7, 11) is 1.67. The normalized spacial score (nSPS) is 11.9. The van der Waals surface area contributed by atoms with Crippen LogP contribution in [-0.4, -0.2) is 41.6 Å². The average molecular weight is 292 g/mol. The summed E-state index contributed by atoms with van der Waals surface area (Å²) < 4.78 is 0. The molecule has 0 aliphatic heterocycles. The number of carbonyl (C=O) groups excluding carboxylic acids is 1. The molecule has 0 aliphatic rings. The Bertz CT molecular complexity index is 508. The van der Waals surface area contributed by atoms with Crippen LogP contribution in [0.25, 0.3) is 0 Å². The van der Waals surface area contributed by atoms with Crippen LogP contribution < -0.4 is 4.90 Å². The van der Waals surface area contributed by atoms with E-state index in [0.717, 1.165) is 16.8 Å². The van der Waals surface area contributed by atoms with Gasteiger partial charge >= 0.3 is 12.0 Å². The van der Waals surface area contributed by atoms with E-state index in [2.05, 4.69) is 0 Å². The van der Waals surface area contributed by atoms with Crippen molar-refractivity contribution in [2.45, 2.75) is 40.2 Å². The molecule has 1 aromatic carbocycles. The number of carbonyl (C=O) groups is 2. The summed E-state index contributed by atoms with van der Waals surface area (Å²) in [5.74, 6) is -1.00. The van der Waals surface area contributed by atoms with Gasteiger partial charge in [-0.1, -0.05) is 13.0 Å². The molecule has 1 atom stereocenters. The number of nitrogens with zero attached hydrogens (tertiary/aromatic N) is 2. The number of aryl methyl sites for hydroxylation is 2. The second kappa shape index (κ2) is 7.11. The first-order valence-corrected chi connectivity index (χ1v) is 7.10. The first-order chi connectivity index (χ1) is 9.76. The van der Waals surface area contributed by atoms with Gasteiger partial charge in [-0.15, -0.1) is 0 Å². The Kier molecular flexibility index (Phi) is 5.76. The Morgan fingerprint density at radius 3 is 2.14 bits per heavy atom. The van der Waals surface area contributed by atoms with Crippen LogP contribution in [0, 0.1) is 13.8 Å². The van der Waals surface area contributed by atoms with Crippen LogP contribution in [0.4, 0.5) is 10.5 Å². The van der Waals surface area contributed by atoms with Crippen molar-refractivity contribution in [2.75, 3.05) is 18.5 Å². The number of urea groups is 1. The molecule has 0 aliphatic carbocycles. The molecule has 0 bridgehead atoms. The number of aliphatic carboxylic acids is 1. The average Bonchev–Trinajstić information content (AvgIpc) is 2.41. The van der Waals surface area contributed by atoms with Gasteiger partial charge in [-0.2, -0.15) is 0 Å². The van der Waals surface area contributed by atoms with Gasteiger partial charge in [0.1, 0.15) is 6.54 Å². The van der Waals surface area contributed by atoms with Crippen LogP contribution >= 0.6 is 0 Å². The lowest BCUT2D eigenvalue weighted by Crippen LogP contribution is -2.48. The monoisotopic (exact) mass is 292 g/mol. The van der Waals surface area contributed by atoms with E-state index in [9.17, 15) is 9.59 Å².